The first-order chi connectivity index (χ1) is 8.41. The quantitative estimate of drug-likeness (QED) is 0.822. The lowest BCUT2D eigenvalue weighted by Gasteiger charge is -2.24. The Morgan fingerprint density at radius 1 is 1.50 bits per heavy atom. The zero-order valence-corrected chi connectivity index (χ0v) is 11.4. The second-order valence-electron chi connectivity index (χ2n) is 4.68. The van der Waals surface area contributed by atoms with Crippen molar-refractivity contribution in [2.45, 2.75) is 18.9 Å². The van der Waals surface area contributed by atoms with E-state index >= 15 is 0 Å². The van der Waals surface area contributed by atoms with Gasteiger partial charge in [-0.15, -0.1) is 0 Å². The number of amides is 1. The lowest BCUT2D eigenvalue weighted by Crippen LogP contribution is -2.46. The van der Waals surface area contributed by atoms with Gasteiger partial charge in [0, 0.05) is 12.3 Å². The Morgan fingerprint density at radius 2 is 2.22 bits per heavy atom. The molecule has 0 bridgehead atoms. The summed E-state index contributed by atoms with van der Waals surface area (Å²) in [5, 5.41) is 3.39. The maximum atomic E-state index is 12.2. The second-order valence-corrected chi connectivity index (χ2v) is 5.47. The number of nitrogens with one attached hydrogen (secondary N) is 1. The van der Waals surface area contributed by atoms with Crippen molar-refractivity contribution in [3.63, 3.8) is 0 Å². The van der Waals surface area contributed by atoms with Gasteiger partial charge >= 0.3 is 0 Å². The smallest absolute Gasteiger partial charge is 0.253 e. The van der Waals surface area contributed by atoms with E-state index in [1.54, 1.807) is 0 Å². The maximum Gasteiger partial charge on any atom is 0.253 e. The zero-order chi connectivity index (χ0) is 13.3. The molecule has 0 aliphatic carbocycles. The monoisotopic (exact) mass is 288 g/mol. The van der Waals surface area contributed by atoms with Gasteiger partial charge in [0.25, 0.3) is 5.91 Å². The lowest BCUT2D eigenvalue weighted by atomic mass is 10.0. The van der Waals surface area contributed by atoms with Crippen LogP contribution in [-0.4, -0.2) is 24.7 Å². The number of nitrogens with two attached hydrogens (primary N) is 1. The molecular weight excluding hydrogens is 275 g/mol. The summed E-state index contributed by atoms with van der Waals surface area (Å²) in [7, 11) is 0. The number of carbonyl (C=O) groups excluding carboxylic acids is 1. The Labute approximate surface area is 115 Å². The fourth-order valence-corrected chi connectivity index (χ4v) is 2.31. The molecule has 1 atom stereocenters. The van der Waals surface area contributed by atoms with E-state index in [0.29, 0.717) is 18.9 Å². The first kappa shape index (κ1) is 13.5. The van der Waals surface area contributed by atoms with Gasteiger partial charge in [0.2, 0.25) is 0 Å². The van der Waals surface area contributed by atoms with Crippen LogP contribution in [0.3, 0.4) is 0 Å². The molecule has 1 saturated heterocycles. The minimum atomic E-state index is -0.364. The largest absolute Gasteiger partial charge is 0.399 e. The highest BCUT2D eigenvalue weighted by Gasteiger charge is 2.32. The van der Waals surface area contributed by atoms with Gasteiger partial charge in [-0.25, -0.2) is 0 Å². The van der Waals surface area contributed by atoms with E-state index in [1.165, 1.54) is 12.1 Å². The summed E-state index contributed by atoms with van der Waals surface area (Å²) in [5.41, 5.74) is 5.99. The fraction of sp³-hybridized carbons (Fsp3) is 0.417. The number of hydrogen-bond donors (Lipinski definition) is 2. The molecule has 6 heteroatoms. The summed E-state index contributed by atoms with van der Waals surface area (Å²) >= 11 is 11.9. The molecule has 1 fully saturated rings. The van der Waals surface area contributed by atoms with Crippen LogP contribution in [0.1, 0.15) is 23.7 Å². The van der Waals surface area contributed by atoms with Gasteiger partial charge in [0.1, 0.15) is 0 Å². The number of benzene rings is 1. The van der Waals surface area contributed by atoms with E-state index < -0.39 is 0 Å². The van der Waals surface area contributed by atoms with Crippen molar-refractivity contribution in [2.24, 2.45) is 0 Å². The molecule has 4 nitrogen and oxygen atoms in total. The van der Waals surface area contributed by atoms with Crippen LogP contribution >= 0.6 is 23.2 Å². The van der Waals surface area contributed by atoms with Crippen molar-refractivity contribution in [2.75, 3.05) is 18.9 Å². The molecule has 18 heavy (non-hydrogen) atoms. The Bertz CT molecular complexity index is 485. The fourth-order valence-electron chi connectivity index (χ4n) is 1.88. The molecule has 1 unspecified atom stereocenters. The topological polar surface area (TPSA) is 64.4 Å². The Hall–Kier alpha value is -0.970. The van der Waals surface area contributed by atoms with Crippen LogP contribution in [0.15, 0.2) is 12.1 Å². The minimum Gasteiger partial charge on any atom is -0.399 e. The molecule has 2 rings (SSSR count). The van der Waals surface area contributed by atoms with E-state index in [1.807, 2.05) is 6.92 Å². The van der Waals surface area contributed by atoms with Gasteiger partial charge in [-0.3, -0.25) is 4.79 Å². The molecule has 0 saturated carbocycles. The number of hydrogen-bond acceptors (Lipinski definition) is 3. The Kier molecular flexibility index (Phi) is 3.71. The predicted octanol–water partition coefficient (Wildman–Crippen LogP) is 2.48. The summed E-state index contributed by atoms with van der Waals surface area (Å²) in [6.07, 6.45) is 0.770. The van der Waals surface area contributed by atoms with Crippen molar-refractivity contribution < 1.29 is 9.53 Å². The molecule has 0 radical (unpaired) electrons. The van der Waals surface area contributed by atoms with Crippen LogP contribution in [0.2, 0.25) is 10.0 Å². The van der Waals surface area contributed by atoms with Crippen LogP contribution in [0.4, 0.5) is 5.69 Å². The summed E-state index contributed by atoms with van der Waals surface area (Å²) < 4.78 is 5.28. The van der Waals surface area contributed by atoms with Crippen LogP contribution in [0, 0.1) is 0 Å². The van der Waals surface area contributed by atoms with E-state index in [0.717, 1.165) is 6.42 Å². The predicted molar refractivity (Wildman–Crippen MR) is 72.2 cm³/mol. The molecule has 1 aliphatic rings. The van der Waals surface area contributed by atoms with Gasteiger partial charge in [-0.2, -0.15) is 0 Å². The number of nitrogen functional groups attached to an aromatic ring is 1. The van der Waals surface area contributed by atoms with Gasteiger partial charge < -0.3 is 15.8 Å². The molecule has 1 amide bonds. The molecular formula is C12H14Cl2N2O2. The average molecular weight is 289 g/mol. The van der Waals surface area contributed by atoms with E-state index in [4.69, 9.17) is 33.7 Å². The Balaban J connectivity index is 2.23. The summed E-state index contributed by atoms with van der Waals surface area (Å²) in [6.45, 7) is 3.06. The van der Waals surface area contributed by atoms with Crippen LogP contribution in [-0.2, 0) is 4.74 Å². The van der Waals surface area contributed by atoms with Gasteiger partial charge in [0.15, 0.2) is 0 Å². The summed E-state index contributed by atoms with van der Waals surface area (Å²) in [5.74, 6) is -0.290. The number of carbonyl (C=O) groups is 1. The van der Waals surface area contributed by atoms with Crippen molar-refractivity contribution in [1.29, 1.82) is 0 Å². The van der Waals surface area contributed by atoms with Gasteiger partial charge in [0.05, 0.1) is 27.8 Å². The van der Waals surface area contributed by atoms with Crippen LogP contribution in [0.25, 0.3) is 0 Å². The molecule has 1 heterocycles. The number of anilines is 1. The van der Waals surface area contributed by atoms with Crippen molar-refractivity contribution >= 4 is 34.8 Å². The minimum absolute atomic E-state index is 0.214. The number of ether oxygens (including phenoxy) is 1. The SMILES string of the molecule is CC1(NC(=O)c2cc(N)cc(Cl)c2Cl)CCOC1. The molecule has 1 aromatic rings. The van der Waals surface area contributed by atoms with E-state index in [9.17, 15) is 4.79 Å². The van der Waals surface area contributed by atoms with Gasteiger partial charge in [-0.1, -0.05) is 23.2 Å². The lowest BCUT2D eigenvalue weighted by molar-refractivity contribution is 0.0890. The summed E-state index contributed by atoms with van der Waals surface area (Å²) in [6, 6.07) is 3.03. The highest BCUT2D eigenvalue weighted by molar-refractivity contribution is 6.44. The highest BCUT2D eigenvalue weighted by atomic mass is 35.5. The van der Waals surface area contributed by atoms with Crippen LogP contribution < -0.4 is 11.1 Å². The molecule has 1 aromatic carbocycles. The third kappa shape index (κ3) is 2.71. The maximum absolute atomic E-state index is 12.2. The van der Waals surface area contributed by atoms with Crippen molar-refractivity contribution in [3.05, 3.63) is 27.7 Å². The summed E-state index contributed by atoms with van der Waals surface area (Å²) in [4.78, 5) is 12.2. The van der Waals surface area contributed by atoms with Crippen molar-refractivity contribution in [3.8, 4) is 0 Å². The molecule has 0 aromatic heterocycles. The Morgan fingerprint density at radius 3 is 2.83 bits per heavy atom. The van der Waals surface area contributed by atoms with E-state index in [-0.39, 0.29) is 27.1 Å². The third-order valence-electron chi connectivity index (χ3n) is 2.93. The van der Waals surface area contributed by atoms with Crippen LogP contribution in [0.5, 0.6) is 0 Å². The zero-order valence-electron chi connectivity index (χ0n) is 9.93. The van der Waals surface area contributed by atoms with Gasteiger partial charge in [-0.05, 0) is 25.5 Å². The molecule has 3 N–H and O–H groups in total. The first-order valence-corrected chi connectivity index (χ1v) is 6.32. The molecule has 1 aliphatic heterocycles. The number of rotatable bonds is 2. The highest BCUT2D eigenvalue weighted by Crippen LogP contribution is 2.29. The van der Waals surface area contributed by atoms with Crippen molar-refractivity contribution in [1.82, 2.24) is 5.32 Å². The molecule has 98 valence electrons. The second kappa shape index (κ2) is 4.96. The molecule has 0 spiro atoms. The standard InChI is InChI=1S/C12H14Cl2N2O2/c1-12(2-3-18-6-12)16-11(17)8-4-7(15)5-9(13)10(8)14/h4-5H,2-3,6,15H2,1H3,(H,16,17). The first-order valence-electron chi connectivity index (χ1n) is 5.56. The van der Waals surface area contributed by atoms with E-state index in [2.05, 4.69) is 5.32 Å². The average Bonchev–Trinajstić information content (AvgIpc) is 2.70. The normalized spacial score (nSPS) is 23.1. The number of halogens is 2. The third-order valence-corrected chi connectivity index (χ3v) is 3.73.